The summed E-state index contributed by atoms with van der Waals surface area (Å²) in [6.45, 7) is 3.94. The van der Waals surface area contributed by atoms with Crippen molar-refractivity contribution < 1.29 is 18.3 Å². The van der Waals surface area contributed by atoms with E-state index in [0.717, 1.165) is 24.1 Å². The molecule has 0 atom stereocenters. The molecule has 23 heavy (non-hydrogen) atoms. The van der Waals surface area contributed by atoms with Gasteiger partial charge in [-0.25, -0.2) is 8.78 Å². The van der Waals surface area contributed by atoms with E-state index in [-0.39, 0.29) is 12.5 Å². The number of carbonyl (C=O) groups is 1. The average Bonchev–Trinajstić information content (AvgIpc) is 2.57. The maximum Gasteiger partial charge on any atom is 0.264 e. The molecule has 1 amide bonds. The number of likely N-dealkylation sites (N-methyl/N-ethyl adjacent to an activating group) is 1. The second-order valence-corrected chi connectivity index (χ2v) is 4.99. The summed E-state index contributed by atoms with van der Waals surface area (Å²) in [5.74, 6) is -1.58. The van der Waals surface area contributed by atoms with Crippen molar-refractivity contribution in [1.29, 1.82) is 0 Å². The van der Waals surface area contributed by atoms with Crippen molar-refractivity contribution in [2.45, 2.75) is 20.3 Å². The number of rotatable bonds is 6. The Bertz CT molecular complexity index is 688. The second kappa shape index (κ2) is 7.72. The lowest BCUT2D eigenvalue weighted by Gasteiger charge is -2.21. The number of halogens is 2. The van der Waals surface area contributed by atoms with Crippen molar-refractivity contribution in [1.82, 2.24) is 0 Å². The van der Waals surface area contributed by atoms with Crippen LogP contribution in [0.15, 0.2) is 42.5 Å². The summed E-state index contributed by atoms with van der Waals surface area (Å²) in [5.41, 5.74) is 1.32. The molecule has 0 unspecified atom stereocenters. The highest BCUT2D eigenvalue weighted by molar-refractivity contribution is 5.94. The van der Waals surface area contributed by atoms with Crippen molar-refractivity contribution in [3.8, 4) is 5.75 Å². The monoisotopic (exact) mass is 319 g/mol. The average molecular weight is 319 g/mol. The number of nitrogens with zero attached hydrogens (tertiary/aromatic N) is 1. The number of ether oxygens (including phenoxy) is 1. The number of anilines is 1. The largest absolute Gasteiger partial charge is 0.483 e. The fourth-order valence-corrected chi connectivity index (χ4v) is 2.31. The number of aryl methyl sites for hydroxylation is 1. The van der Waals surface area contributed by atoms with Crippen LogP contribution in [0.3, 0.4) is 0 Å². The summed E-state index contributed by atoms with van der Waals surface area (Å²) < 4.78 is 32.0. The molecule has 0 N–H and O–H groups in total. The second-order valence-electron chi connectivity index (χ2n) is 4.99. The lowest BCUT2D eigenvalue weighted by atomic mass is 10.1. The standard InChI is InChI=1S/C18H19F2NO2/c1-3-13-7-5-6-8-17(13)23-12-18(22)21(4-2)14-9-10-15(19)16(20)11-14/h5-11H,3-4,12H2,1-2H3. The molecule has 0 saturated carbocycles. The van der Waals surface area contributed by atoms with E-state index in [4.69, 9.17) is 4.74 Å². The molecule has 2 rings (SSSR count). The van der Waals surface area contributed by atoms with Gasteiger partial charge in [0.1, 0.15) is 5.75 Å². The first-order valence-electron chi connectivity index (χ1n) is 7.53. The highest BCUT2D eigenvalue weighted by Crippen LogP contribution is 2.20. The molecule has 2 aromatic rings. The Morgan fingerprint density at radius 2 is 1.83 bits per heavy atom. The zero-order chi connectivity index (χ0) is 16.8. The maximum atomic E-state index is 13.3. The predicted molar refractivity (Wildman–Crippen MR) is 85.7 cm³/mol. The number of hydrogen-bond donors (Lipinski definition) is 0. The third-order valence-electron chi connectivity index (χ3n) is 3.54. The molecule has 0 spiro atoms. The molecule has 3 nitrogen and oxygen atoms in total. The molecule has 2 aromatic carbocycles. The van der Waals surface area contributed by atoms with Crippen molar-refractivity contribution in [2.24, 2.45) is 0 Å². The van der Waals surface area contributed by atoms with E-state index in [0.29, 0.717) is 18.0 Å². The number of para-hydroxylation sites is 1. The molecule has 0 saturated heterocycles. The van der Waals surface area contributed by atoms with E-state index in [1.54, 1.807) is 13.0 Å². The lowest BCUT2D eigenvalue weighted by Crippen LogP contribution is -2.35. The van der Waals surface area contributed by atoms with Gasteiger partial charge in [-0.15, -0.1) is 0 Å². The third-order valence-corrected chi connectivity index (χ3v) is 3.54. The molecule has 122 valence electrons. The Balaban J connectivity index is 2.09. The van der Waals surface area contributed by atoms with Gasteiger partial charge in [0.25, 0.3) is 5.91 Å². The number of amides is 1. The highest BCUT2D eigenvalue weighted by atomic mass is 19.2. The zero-order valence-electron chi connectivity index (χ0n) is 13.2. The topological polar surface area (TPSA) is 29.5 Å². The van der Waals surface area contributed by atoms with Gasteiger partial charge in [-0.1, -0.05) is 25.1 Å². The fraction of sp³-hybridized carbons (Fsp3) is 0.278. The first kappa shape index (κ1) is 16.9. The van der Waals surface area contributed by atoms with Crippen LogP contribution in [0.25, 0.3) is 0 Å². The van der Waals surface area contributed by atoms with Crippen LogP contribution >= 0.6 is 0 Å². The minimum absolute atomic E-state index is 0.163. The van der Waals surface area contributed by atoms with Gasteiger partial charge in [-0.3, -0.25) is 4.79 Å². The van der Waals surface area contributed by atoms with Gasteiger partial charge in [-0.05, 0) is 37.1 Å². The lowest BCUT2D eigenvalue weighted by molar-refractivity contribution is -0.120. The number of carbonyl (C=O) groups excluding carboxylic acids is 1. The highest BCUT2D eigenvalue weighted by Gasteiger charge is 2.17. The van der Waals surface area contributed by atoms with Gasteiger partial charge in [0.2, 0.25) is 0 Å². The van der Waals surface area contributed by atoms with Crippen molar-refractivity contribution in [3.63, 3.8) is 0 Å². The summed E-state index contributed by atoms with van der Waals surface area (Å²) in [6.07, 6.45) is 0.797. The van der Waals surface area contributed by atoms with E-state index in [1.807, 2.05) is 25.1 Å². The molecule has 0 aromatic heterocycles. The summed E-state index contributed by atoms with van der Waals surface area (Å²) in [5, 5.41) is 0. The Morgan fingerprint density at radius 1 is 1.09 bits per heavy atom. The zero-order valence-corrected chi connectivity index (χ0v) is 13.2. The van der Waals surface area contributed by atoms with Crippen LogP contribution in [-0.2, 0) is 11.2 Å². The normalized spacial score (nSPS) is 10.4. The molecular weight excluding hydrogens is 300 g/mol. The molecular formula is C18H19F2NO2. The molecule has 0 fully saturated rings. The van der Waals surface area contributed by atoms with Crippen molar-refractivity contribution >= 4 is 11.6 Å². The van der Waals surface area contributed by atoms with E-state index < -0.39 is 11.6 Å². The molecule has 0 aliphatic carbocycles. The van der Waals surface area contributed by atoms with Crippen LogP contribution in [0.4, 0.5) is 14.5 Å². The molecule has 0 heterocycles. The van der Waals surface area contributed by atoms with E-state index in [2.05, 4.69) is 0 Å². The smallest absolute Gasteiger partial charge is 0.264 e. The molecule has 0 aliphatic rings. The Labute approximate surface area is 134 Å². The minimum atomic E-state index is -0.981. The molecule has 0 bridgehead atoms. The van der Waals surface area contributed by atoms with E-state index in [9.17, 15) is 13.6 Å². The SMILES string of the molecule is CCc1ccccc1OCC(=O)N(CC)c1ccc(F)c(F)c1. The van der Waals surface area contributed by atoms with Gasteiger partial charge in [-0.2, -0.15) is 0 Å². The van der Waals surface area contributed by atoms with Crippen molar-refractivity contribution in [3.05, 3.63) is 59.7 Å². The Kier molecular flexibility index (Phi) is 5.68. The van der Waals surface area contributed by atoms with Crippen LogP contribution in [0.2, 0.25) is 0 Å². The molecule has 0 aliphatic heterocycles. The predicted octanol–water partition coefficient (Wildman–Crippen LogP) is 3.96. The summed E-state index contributed by atoms with van der Waals surface area (Å²) in [6, 6.07) is 10.9. The third kappa shape index (κ3) is 4.06. The summed E-state index contributed by atoms with van der Waals surface area (Å²) >= 11 is 0. The molecule has 0 radical (unpaired) electrons. The quantitative estimate of drug-likeness (QED) is 0.806. The Morgan fingerprint density at radius 3 is 2.48 bits per heavy atom. The van der Waals surface area contributed by atoms with Crippen LogP contribution in [-0.4, -0.2) is 19.1 Å². The fourth-order valence-electron chi connectivity index (χ4n) is 2.31. The molecule has 5 heteroatoms. The van der Waals surface area contributed by atoms with Crippen LogP contribution in [0.5, 0.6) is 5.75 Å². The van der Waals surface area contributed by atoms with Crippen molar-refractivity contribution in [2.75, 3.05) is 18.1 Å². The Hall–Kier alpha value is -2.43. The first-order valence-corrected chi connectivity index (χ1v) is 7.53. The van der Waals surface area contributed by atoms with Gasteiger partial charge < -0.3 is 9.64 Å². The number of benzene rings is 2. The number of hydrogen-bond acceptors (Lipinski definition) is 2. The van der Waals surface area contributed by atoms with Gasteiger partial charge in [0, 0.05) is 18.3 Å². The van der Waals surface area contributed by atoms with Crippen LogP contribution in [0.1, 0.15) is 19.4 Å². The summed E-state index contributed by atoms with van der Waals surface area (Å²) in [4.78, 5) is 13.7. The summed E-state index contributed by atoms with van der Waals surface area (Å²) in [7, 11) is 0. The van der Waals surface area contributed by atoms with Gasteiger partial charge in [0.05, 0.1) is 0 Å². The van der Waals surface area contributed by atoms with E-state index in [1.165, 1.54) is 11.0 Å². The van der Waals surface area contributed by atoms with E-state index >= 15 is 0 Å². The minimum Gasteiger partial charge on any atom is -0.483 e. The maximum absolute atomic E-state index is 13.3. The first-order chi connectivity index (χ1) is 11.1. The van der Waals surface area contributed by atoms with Crippen LogP contribution in [0, 0.1) is 11.6 Å². The van der Waals surface area contributed by atoms with Crippen LogP contribution < -0.4 is 9.64 Å². The van der Waals surface area contributed by atoms with Gasteiger partial charge >= 0.3 is 0 Å². The van der Waals surface area contributed by atoms with Gasteiger partial charge in [0.15, 0.2) is 18.2 Å².